The predicted molar refractivity (Wildman–Crippen MR) is 113 cm³/mol. The molecule has 31 heavy (non-hydrogen) atoms. The number of imidazole rings is 1. The normalized spacial score (nSPS) is 18.1. The Kier molecular flexibility index (Phi) is 4.63. The van der Waals surface area contributed by atoms with Gasteiger partial charge in [0, 0.05) is 37.2 Å². The van der Waals surface area contributed by atoms with Crippen LogP contribution in [0.15, 0.2) is 41.3 Å². The van der Waals surface area contributed by atoms with E-state index in [1.54, 1.807) is 7.11 Å². The molecule has 1 aliphatic carbocycles. The van der Waals surface area contributed by atoms with Gasteiger partial charge in [0.1, 0.15) is 28.6 Å². The summed E-state index contributed by atoms with van der Waals surface area (Å²) in [5, 5.41) is 2.68. The topological polar surface area (TPSA) is 133 Å². The van der Waals surface area contributed by atoms with Crippen molar-refractivity contribution in [3.63, 3.8) is 0 Å². The highest BCUT2D eigenvalue weighted by atomic mass is 16.5. The van der Waals surface area contributed by atoms with E-state index in [2.05, 4.69) is 25.3 Å². The number of amides is 1. The summed E-state index contributed by atoms with van der Waals surface area (Å²) in [4.78, 5) is 29.3. The number of aromatic nitrogens is 5. The number of ether oxygens (including phenoxy) is 1. The first kappa shape index (κ1) is 19.2. The van der Waals surface area contributed by atoms with Gasteiger partial charge in [-0.25, -0.2) is 9.97 Å². The Bertz CT molecular complexity index is 1260. The second kappa shape index (κ2) is 7.47. The van der Waals surface area contributed by atoms with E-state index >= 15 is 0 Å². The molecule has 0 unspecified atom stereocenters. The number of hydrogen-bond acceptors (Lipinski definition) is 8. The second-order valence-corrected chi connectivity index (χ2v) is 7.53. The lowest BCUT2D eigenvalue weighted by molar-refractivity contribution is 0.0208. The van der Waals surface area contributed by atoms with Gasteiger partial charge in [-0.15, -0.1) is 0 Å². The number of nitrogens with two attached hydrogens (primary N) is 1. The third-order valence-corrected chi connectivity index (χ3v) is 5.64. The van der Waals surface area contributed by atoms with E-state index in [0.717, 1.165) is 29.7 Å². The minimum Gasteiger partial charge on any atom is -0.427 e. The Labute approximate surface area is 177 Å². The van der Waals surface area contributed by atoms with Gasteiger partial charge in [-0.05, 0) is 31.9 Å². The summed E-state index contributed by atoms with van der Waals surface area (Å²) < 4.78 is 13.3. The Morgan fingerprint density at radius 1 is 1.29 bits per heavy atom. The number of nitrogens with one attached hydrogen (secondary N) is 1. The molecule has 0 atom stereocenters. The summed E-state index contributed by atoms with van der Waals surface area (Å²) in [6.07, 6.45) is 8.12. The minimum absolute atomic E-state index is 0.114. The molecule has 1 aliphatic rings. The molecular formula is C21H21N7O3. The monoisotopic (exact) mass is 419 g/mol. The van der Waals surface area contributed by atoms with Crippen LogP contribution in [-0.2, 0) is 4.74 Å². The van der Waals surface area contributed by atoms with Crippen LogP contribution in [0.3, 0.4) is 0 Å². The van der Waals surface area contributed by atoms with Crippen LogP contribution in [0.25, 0.3) is 16.9 Å². The van der Waals surface area contributed by atoms with Crippen LogP contribution in [0.4, 0.5) is 11.8 Å². The van der Waals surface area contributed by atoms with Gasteiger partial charge in [0.05, 0.1) is 18.0 Å². The summed E-state index contributed by atoms with van der Waals surface area (Å²) in [5.74, 6) is 0.910. The number of oxazole rings is 1. The Balaban J connectivity index is 1.52. The first-order valence-corrected chi connectivity index (χ1v) is 9.89. The van der Waals surface area contributed by atoms with E-state index in [1.807, 2.05) is 29.7 Å². The number of pyridine rings is 1. The van der Waals surface area contributed by atoms with Crippen molar-refractivity contribution in [2.45, 2.75) is 31.8 Å². The lowest BCUT2D eigenvalue weighted by Crippen LogP contribution is -2.28. The van der Waals surface area contributed by atoms with E-state index in [-0.39, 0.29) is 23.7 Å². The second-order valence-electron chi connectivity index (χ2n) is 7.53. The molecule has 0 spiro atoms. The number of hydrogen-bond donors (Lipinski definition) is 2. The average molecular weight is 419 g/mol. The van der Waals surface area contributed by atoms with Crippen molar-refractivity contribution in [1.82, 2.24) is 24.3 Å². The zero-order valence-electron chi connectivity index (χ0n) is 17.1. The molecule has 0 radical (unpaired) electrons. The lowest BCUT2D eigenvalue weighted by Gasteiger charge is -2.32. The van der Waals surface area contributed by atoms with Gasteiger partial charge < -0.3 is 19.3 Å². The van der Waals surface area contributed by atoms with Crippen molar-refractivity contribution in [2.75, 3.05) is 18.2 Å². The van der Waals surface area contributed by atoms with Crippen LogP contribution in [0.2, 0.25) is 0 Å². The molecule has 4 heterocycles. The first-order chi connectivity index (χ1) is 15.0. The zero-order chi connectivity index (χ0) is 21.5. The molecule has 10 heteroatoms. The fraction of sp³-hybridized carbons (Fsp3) is 0.286. The Hall–Kier alpha value is -3.79. The van der Waals surface area contributed by atoms with Gasteiger partial charge in [-0.2, -0.15) is 4.98 Å². The van der Waals surface area contributed by atoms with Crippen molar-refractivity contribution >= 4 is 23.4 Å². The molecule has 0 bridgehead atoms. The van der Waals surface area contributed by atoms with Crippen LogP contribution in [0, 0.1) is 6.92 Å². The van der Waals surface area contributed by atoms with Crippen molar-refractivity contribution in [2.24, 2.45) is 0 Å². The van der Waals surface area contributed by atoms with Gasteiger partial charge in [-0.3, -0.25) is 15.1 Å². The number of nitrogens with zero attached hydrogens (tertiary/aromatic N) is 5. The average Bonchev–Trinajstić information content (AvgIpc) is 3.28. The third-order valence-electron chi connectivity index (χ3n) is 5.64. The van der Waals surface area contributed by atoms with Crippen LogP contribution >= 0.6 is 0 Å². The fourth-order valence-corrected chi connectivity index (χ4v) is 3.74. The number of carbonyl (C=O) groups is 1. The number of fused-ring (bicyclic) bond motifs is 1. The van der Waals surface area contributed by atoms with Crippen LogP contribution < -0.4 is 11.1 Å². The summed E-state index contributed by atoms with van der Waals surface area (Å²) in [5.41, 5.74) is 9.25. The molecule has 0 saturated heterocycles. The highest BCUT2D eigenvalue weighted by molar-refractivity contribution is 6.01. The maximum Gasteiger partial charge on any atom is 0.302 e. The highest BCUT2D eigenvalue weighted by Crippen LogP contribution is 2.43. The van der Waals surface area contributed by atoms with Crippen LogP contribution in [-0.4, -0.2) is 43.5 Å². The lowest BCUT2D eigenvalue weighted by atomic mass is 9.79. The van der Waals surface area contributed by atoms with Gasteiger partial charge in [0.2, 0.25) is 0 Å². The third kappa shape index (κ3) is 3.40. The summed E-state index contributed by atoms with van der Waals surface area (Å²) in [6, 6.07) is 3.92. The van der Waals surface area contributed by atoms with E-state index in [1.165, 1.54) is 18.6 Å². The SMILES string of the molecule is COC1CC(c2oc(NC(=O)c3cnccn3)nc2-c2ccc3nc(N)c(C)n3c2)C1. The maximum absolute atomic E-state index is 12.5. The molecule has 3 N–H and O–H groups in total. The number of nitrogen functional groups attached to an aromatic ring is 1. The number of methoxy groups -OCH3 is 1. The first-order valence-electron chi connectivity index (χ1n) is 9.89. The molecule has 1 fully saturated rings. The van der Waals surface area contributed by atoms with E-state index in [4.69, 9.17) is 14.9 Å². The highest BCUT2D eigenvalue weighted by Gasteiger charge is 2.36. The van der Waals surface area contributed by atoms with Crippen molar-refractivity contribution in [3.8, 4) is 11.3 Å². The van der Waals surface area contributed by atoms with Gasteiger partial charge >= 0.3 is 6.01 Å². The van der Waals surface area contributed by atoms with Crippen molar-refractivity contribution in [1.29, 1.82) is 0 Å². The van der Waals surface area contributed by atoms with Gasteiger partial charge in [0.15, 0.2) is 0 Å². The summed E-state index contributed by atoms with van der Waals surface area (Å²) in [6.45, 7) is 1.91. The quantitative estimate of drug-likeness (QED) is 0.504. The fourth-order valence-electron chi connectivity index (χ4n) is 3.74. The van der Waals surface area contributed by atoms with Crippen molar-refractivity contribution < 1.29 is 13.9 Å². The molecule has 4 aromatic rings. The van der Waals surface area contributed by atoms with Crippen molar-refractivity contribution in [3.05, 3.63) is 54.1 Å². The van der Waals surface area contributed by atoms with E-state index in [0.29, 0.717) is 17.3 Å². The zero-order valence-corrected chi connectivity index (χ0v) is 17.1. The van der Waals surface area contributed by atoms with E-state index < -0.39 is 5.91 Å². The molecular weight excluding hydrogens is 398 g/mol. The molecule has 0 aromatic carbocycles. The standard InChI is InChI=1S/C21H21N7O3/c1-11-19(22)25-16-4-3-12(10-28(11)16)17-18(13-7-14(8-13)30-2)31-21(26-17)27-20(29)15-9-23-5-6-24-15/h3-6,9-10,13-14H,7-8,22H2,1-2H3,(H,26,27,29). The largest absolute Gasteiger partial charge is 0.427 e. The molecule has 0 aliphatic heterocycles. The summed E-state index contributed by atoms with van der Waals surface area (Å²) >= 11 is 0. The summed E-state index contributed by atoms with van der Waals surface area (Å²) in [7, 11) is 1.70. The number of rotatable bonds is 5. The predicted octanol–water partition coefficient (Wildman–Crippen LogP) is 2.81. The maximum atomic E-state index is 12.5. The van der Waals surface area contributed by atoms with E-state index in [9.17, 15) is 4.79 Å². The molecule has 5 rings (SSSR count). The molecule has 158 valence electrons. The molecule has 4 aromatic heterocycles. The van der Waals surface area contributed by atoms with Crippen LogP contribution in [0.5, 0.6) is 0 Å². The molecule has 1 saturated carbocycles. The van der Waals surface area contributed by atoms with Gasteiger partial charge in [-0.1, -0.05) is 0 Å². The van der Waals surface area contributed by atoms with Crippen LogP contribution in [0.1, 0.15) is 40.7 Å². The molecule has 1 amide bonds. The smallest absolute Gasteiger partial charge is 0.302 e. The minimum atomic E-state index is -0.440. The Morgan fingerprint density at radius 3 is 2.87 bits per heavy atom. The number of carbonyl (C=O) groups excluding carboxylic acids is 1. The Morgan fingerprint density at radius 2 is 2.13 bits per heavy atom. The number of anilines is 2. The molecule has 10 nitrogen and oxygen atoms in total. The van der Waals surface area contributed by atoms with Gasteiger partial charge in [0.25, 0.3) is 5.91 Å². The number of aryl methyl sites for hydroxylation is 1.